The van der Waals surface area contributed by atoms with Gasteiger partial charge >= 0.3 is 0 Å². The number of benzene rings is 2. The zero-order chi connectivity index (χ0) is 21.6. The molecule has 4 rings (SSSR count). The molecule has 0 spiro atoms. The molecule has 0 radical (unpaired) electrons. The summed E-state index contributed by atoms with van der Waals surface area (Å²) in [4.78, 5) is 19.2. The monoisotopic (exact) mass is 417 g/mol. The second-order valence-corrected chi connectivity index (χ2v) is 8.88. The Labute approximate surface area is 184 Å². The number of likely N-dealkylation sites (tertiary alicyclic amines) is 1. The molecule has 1 amide bonds. The van der Waals surface area contributed by atoms with Crippen molar-refractivity contribution in [1.82, 2.24) is 25.0 Å². The lowest BCUT2D eigenvalue weighted by atomic mass is 9.91. The maximum Gasteiger partial charge on any atom is 0.251 e. The molecule has 1 N–H and O–H groups in total. The molecule has 0 saturated carbocycles. The van der Waals surface area contributed by atoms with Crippen molar-refractivity contribution in [1.29, 1.82) is 0 Å². The molecule has 1 aliphatic rings. The number of hydrogen-bond donors (Lipinski definition) is 1. The number of piperidine rings is 1. The fourth-order valence-electron chi connectivity index (χ4n) is 4.59. The summed E-state index contributed by atoms with van der Waals surface area (Å²) in [5.74, 6) is 1.42. The molecule has 2 heterocycles. The highest BCUT2D eigenvalue weighted by molar-refractivity contribution is 5.94. The zero-order valence-corrected chi connectivity index (χ0v) is 18.4. The number of carbonyl (C=O) groups is 1. The lowest BCUT2D eigenvalue weighted by Crippen LogP contribution is -2.38. The van der Waals surface area contributed by atoms with Crippen molar-refractivity contribution >= 4 is 5.91 Å². The van der Waals surface area contributed by atoms with E-state index in [9.17, 15) is 4.79 Å². The highest BCUT2D eigenvalue weighted by Crippen LogP contribution is 2.23. The normalized spacial score (nSPS) is 19.3. The molecule has 2 atom stereocenters. The van der Waals surface area contributed by atoms with Gasteiger partial charge in [-0.3, -0.25) is 9.69 Å². The Bertz CT molecular complexity index is 973. The van der Waals surface area contributed by atoms with E-state index >= 15 is 0 Å². The van der Waals surface area contributed by atoms with Crippen molar-refractivity contribution in [3.8, 4) is 0 Å². The summed E-state index contributed by atoms with van der Waals surface area (Å²) in [6, 6.07) is 16.1. The number of rotatable bonds is 7. The maximum atomic E-state index is 12.7. The summed E-state index contributed by atoms with van der Waals surface area (Å²) in [5.41, 5.74) is 4.23. The molecule has 1 saturated heterocycles. The van der Waals surface area contributed by atoms with Crippen LogP contribution in [-0.4, -0.2) is 38.7 Å². The van der Waals surface area contributed by atoms with Crippen LogP contribution in [0.4, 0.5) is 0 Å². The second kappa shape index (κ2) is 9.88. The van der Waals surface area contributed by atoms with E-state index in [1.54, 1.807) is 11.0 Å². The van der Waals surface area contributed by atoms with Crippen LogP contribution < -0.4 is 5.32 Å². The summed E-state index contributed by atoms with van der Waals surface area (Å²) >= 11 is 0. The summed E-state index contributed by atoms with van der Waals surface area (Å²) in [5, 5.41) is 7.20. The van der Waals surface area contributed by atoms with E-state index in [2.05, 4.69) is 52.3 Å². The molecule has 3 aromatic rings. The Balaban J connectivity index is 1.35. The Kier molecular flexibility index (Phi) is 6.77. The number of carbonyl (C=O) groups excluding carboxylic acids is 1. The van der Waals surface area contributed by atoms with Crippen LogP contribution in [0.1, 0.15) is 47.3 Å². The first-order chi connectivity index (χ1) is 15.1. The summed E-state index contributed by atoms with van der Waals surface area (Å²) in [7, 11) is 0. The third kappa shape index (κ3) is 5.79. The minimum absolute atomic E-state index is 0.0534. The van der Waals surface area contributed by atoms with Gasteiger partial charge in [-0.2, -0.15) is 5.10 Å². The van der Waals surface area contributed by atoms with E-state index < -0.39 is 0 Å². The molecule has 0 bridgehead atoms. The molecule has 2 unspecified atom stereocenters. The summed E-state index contributed by atoms with van der Waals surface area (Å²) in [6.07, 6.45) is 4.52. The Hall–Kier alpha value is -2.99. The molecule has 2 aromatic carbocycles. The average molecular weight is 418 g/mol. The number of nitrogens with one attached hydrogen (secondary N) is 1. The molecule has 31 heavy (non-hydrogen) atoms. The van der Waals surface area contributed by atoms with Crippen molar-refractivity contribution in [3.63, 3.8) is 0 Å². The smallest absolute Gasteiger partial charge is 0.251 e. The second-order valence-electron chi connectivity index (χ2n) is 8.88. The van der Waals surface area contributed by atoms with E-state index in [-0.39, 0.29) is 5.91 Å². The van der Waals surface area contributed by atoms with Gasteiger partial charge in [0, 0.05) is 31.7 Å². The molecular formula is C25H31N5O. The van der Waals surface area contributed by atoms with Gasteiger partial charge in [-0.25, -0.2) is 9.67 Å². The summed E-state index contributed by atoms with van der Waals surface area (Å²) in [6.45, 7) is 9.09. The van der Waals surface area contributed by atoms with Gasteiger partial charge in [0.25, 0.3) is 5.91 Å². The van der Waals surface area contributed by atoms with Crippen LogP contribution in [0.2, 0.25) is 0 Å². The number of amides is 1. The van der Waals surface area contributed by atoms with Gasteiger partial charge in [-0.15, -0.1) is 0 Å². The van der Waals surface area contributed by atoms with Crippen LogP contribution in [0.3, 0.4) is 0 Å². The minimum atomic E-state index is -0.0534. The van der Waals surface area contributed by atoms with Gasteiger partial charge in [0.15, 0.2) is 0 Å². The number of hydrogen-bond acceptors (Lipinski definition) is 4. The minimum Gasteiger partial charge on any atom is -0.348 e. The maximum absolute atomic E-state index is 12.7. The van der Waals surface area contributed by atoms with Crippen LogP contribution >= 0.6 is 0 Å². The van der Waals surface area contributed by atoms with Gasteiger partial charge < -0.3 is 5.32 Å². The first-order valence-corrected chi connectivity index (χ1v) is 11.1. The fourth-order valence-corrected chi connectivity index (χ4v) is 4.59. The SMILES string of the molecule is CC1CC(C)CN(Cc2ccccc2CNC(=O)c2ccc(Cn3cncn3)cc2)C1. The highest BCUT2D eigenvalue weighted by Gasteiger charge is 2.22. The van der Waals surface area contributed by atoms with Gasteiger partial charge in [-0.1, -0.05) is 50.2 Å². The first-order valence-electron chi connectivity index (χ1n) is 11.1. The first kappa shape index (κ1) is 21.2. The van der Waals surface area contributed by atoms with Crippen LogP contribution in [0.15, 0.2) is 61.2 Å². The van der Waals surface area contributed by atoms with E-state index in [1.165, 1.54) is 23.9 Å². The van der Waals surface area contributed by atoms with E-state index in [0.717, 1.165) is 37.0 Å². The molecule has 1 aliphatic heterocycles. The zero-order valence-electron chi connectivity index (χ0n) is 18.4. The van der Waals surface area contributed by atoms with Gasteiger partial charge in [0.05, 0.1) is 6.54 Å². The largest absolute Gasteiger partial charge is 0.348 e. The fraction of sp³-hybridized carbons (Fsp3) is 0.400. The van der Waals surface area contributed by atoms with E-state index in [4.69, 9.17) is 0 Å². The molecule has 6 heteroatoms. The third-order valence-corrected chi connectivity index (χ3v) is 5.92. The third-order valence-electron chi connectivity index (χ3n) is 5.92. The van der Waals surface area contributed by atoms with E-state index in [1.807, 2.05) is 30.3 Å². The van der Waals surface area contributed by atoms with Crippen molar-refractivity contribution in [2.75, 3.05) is 13.1 Å². The van der Waals surface area contributed by atoms with Crippen LogP contribution in [0.5, 0.6) is 0 Å². The predicted molar refractivity (Wildman–Crippen MR) is 121 cm³/mol. The summed E-state index contributed by atoms with van der Waals surface area (Å²) < 4.78 is 1.76. The highest BCUT2D eigenvalue weighted by atomic mass is 16.1. The molecule has 1 fully saturated rings. The van der Waals surface area contributed by atoms with Crippen LogP contribution in [0.25, 0.3) is 0 Å². The standard InChI is InChI=1S/C25H31N5O/c1-19-11-20(2)14-29(13-19)16-24-6-4-3-5-23(24)12-27-25(31)22-9-7-21(8-10-22)15-30-18-26-17-28-30/h3-10,17-20H,11-16H2,1-2H3,(H,27,31). The average Bonchev–Trinajstić information content (AvgIpc) is 3.26. The molecule has 0 aliphatic carbocycles. The van der Waals surface area contributed by atoms with Crippen LogP contribution in [-0.2, 0) is 19.6 Å². The Morgan fingerprint density at radius 3 is 2.39 bits per heavy atom. The number of aromatic nitrogens is 3. The quantitative estimate of drug-likeness (QED) is 0.636. The molecule has 162 valence electrons. The van der Waals surface area contributed by atoms with Crippen LogP contribution in [0, 0.1) is 11.8 Å². The van der Waals surface area contributed by atoms with Crippen molar-refractivity contribution in [2.45, 2.75) is 39.9 Å². The van der Waals surface area contributed by atoms with E-state index in [0.29, 0.717) is 18.7 Å². The molecular weight excluding hydrogens is 386 g/mol. The van der Waals surface area contributed by atoms with Crippen molar-refractivity contribution in [3.05, 3.63) is 83.4 Å². The Morgan fingerprint density at radius 2 is 1.71 bits per heavy atom. The van der Waals surface area contributed by atoms with Gasteiger partial charge in [0.2, 0.25) is 0 Å². The van der Waals surface area contributed by atoms with Gasteiger partial charge in [-0.05, 0) is 47.1 Å². The molecule has 1 aromatic heterocycles. The van der Waals surface area contributed by atoms with Gasteiger partial charge in [0.1, 0.15) is 12.7 Å². The van der Waals surface area contributed by atoms with Crippen molar-refractivity contribution in [2.24, 2.45) is 11.8 Å². The topological polar surface area (TPSA) is 63.1 Å². The van der Waals surface area contributed by atoms with Crippen molar-refractivity contribution < 1.29 is 4.79 Å². The number of nitrogens with zero attached hydrogens (tertiary/aromatic N) is 4. The molecule has 6 nitrogen and oxygen atoms in total. The lowest BCUT2D eigenvalue weighted by molar-refractivity contribution is 0.0950. The lowest BCUT2D eigenvalue weighted by Gasteiger charge is -2.35. The predicted octanol–water partition coefficient (Wildman–Crippen LogP) is 3.73. The Morgan fingerprint density at radius 1 is 1.00 bits per heavy atom.